The Morgan fingerprint density at radius 1 is 1.18 bits per heavy atom. The zero-order valence-electron chi connectivity index (χ0n) is 5.61. The van der Waals surface area contributed by atoms with Crippen LogP contribution in [0.1, 0.15) is 0 Å². The lowest BCUT2D eigenvalue weighted by Crippen LogP contribution is -2.01. The summed E-state index contributed by atoms with van der Waals surface area (Å²) in [6, 6.07) is 1.49. The minimum atomic E-state index is -0.120. The molecule has 4 heteroatoms. The average Bonchev–Trinajstić information content (AvgIpc) is 2.04. The second-order valence-corrected chi connectivity index (χ2v) is 2.20. The molecule has 2 aromatic rings. The standard InChI is InChI=1S/C7H5N3O/c11-7-1-5-3-9-10-4-6(5)2-8-7/h1-4H,(H,8,11). The van der Waals surface area contributed by atoms with Crippen LogP contribution in [0.4, 0.5) is 0 Å². The molecule has 2 rings (SSSR count). The summed E-state index contributed by atoms with van der Waals surface area (Å²) in [5, 5.41) is 9.02. The van der Waals surface area contributed by atoms with Crippen LogP contribution in [0.25, 0.3) is 10.8 Å². The summed E-state index contributed by atoms with van der Waals surface area (Å²) < 4.78 is 0. The number of nitrogens with one attached hydrogen (secondary N) is 1. The summed E-state index contributed by atoms with van der Waals surface area (Å²) in [4.78, 5) is 13.3. The predicted molar refractivity (Wildman–Crippen MR) is 40.2 cm³/mol. The van der Waals surface area contributed by atoms with Crippen molar-refractivity contribution in [3.05, 3.63) is 35.0 Å². The van der Waals surface area contributed by atoms with Crippen molar-refractivity contribution in [3.8, 4) is 0 Å². The maximum Gasteiger partial charge on any atom is 0.248 e. The van der Waals surface area contributed by atoms with Crippen LogP contribution in [0.2, 0.25) is 0 Å². The SMILES string of the molecule is O=c1cc2cnncc2c[nH]1. The van der Waals surface area contributed by atoms with E-state index in [4.69, 9.17) is 0 Å². The quantitative estimate of drug-likeness (QED) is 0.583. The molecule has 0 amide bonds. The molecule has 0 radical (unpaired) electrons. The van der Waals surface area contributed by atoms with Crippen LogP contribution in [0.3, 0.4) is 0 Å². The van der Waals surface area contributed by atoms with Gasteiger partial charge in [-0.3, -0.25) is 4.79 Å². The lowest BCUT2D eigenvalue weighted by atomic mass is 10.3. The van der Waals surface area contributed by atoms with Crippen LogP contribution in [-0.4, -0.2) is 15.2 Å². The fourth-order valence-electron chi connectivity index (χ4n) is 0.913. The predicted octanol–water partition coefficient (Wildman–Crippen LogP) is 0.318. The van der Waals surface area contributed by atoms with Gasteiger partial charge in [0.2, 0.25) is 5.56 Å². The van der Waals surface area contributed by atoms with Crippen molar-refractivity contribution in [1.29, 1.82) is 0 Å². The Labute approximate surface area is 61.9 Å². The third-order valence-corrected chi connectivity index (χ3v) is 1.45. The minimum absolute atomic E-state index is 0.120. The first kappa shape index (κ1) is 6.03. The fraction of sp³-hybridized carbons (Fsp3) is 0. The molecule has 0 saturated heterocycles. The summed E-state index contributed by atoms with van der Waals surface area (Å²) in [6.45, 7) is 0. The molecular weight excluding hydrogens is 142 g/mol. The van der Waals surface area contributed by atoms with Gasteiger partial charge in [-0.25, -0.2) is 0 Å². The minimum Gasteiger partial charge on any atom is -0.328 e. The molecule has 0 unspecified atom stereocenters. The Morgan fingerprint density at radius 3 is 2.73 bits per heavy atom. The second-order valence-electron chi connectivity index (χ2n) is 2.20. The number of hydrogen-bond acceptors (Lipinski definition) is 3. The maximum atomic E-state index is 10.8. The lowest BCUT2D eigenvalue weighted by molar-refractivity contribution is 1.05. The van der Waals surface area contributed by atoms with Gasteiger partial charge in [-0.05, 0) is 0 Å². The second kappa shape index (κ2) is 2.16. The Bertz CT molecular complexity index is 435. The molecule has 0 bridgehead atoms. The summed E-state index contributed by atoms with van der Waals surface area (Å²) in [5.74, 6) is 0. The number of nitrogens with zero attached hydrogens (tertiary/aromatic N) is 2. The normalized spacial score (nSPS) is 10.2. The molecule has 0 aliphatic carbocycles. The first-order chi connectivity index (χ1) is 5.36. The van der Waals surface area contributed by atoms with E-state index in [-0.39, 0.29) is 5.56 Å². The van der Waals surface area contributed by atoms with E-state index in [1.807, 2.05) is 0 Å². The number of hydrogen-bond donors (Lipinski definition) is 1. The highest BCUT2D eigenvalue weighted by Crippen LogP contribution is 2.04. The zero-order chi connectivity index (χ0) is 7.68. The van der Waals surface area contributed by atoms with Gasteiger partial charge in [0.1, 0.15) is 0 Å². The average molecular weight is 147 g/mol. The van der Waals surface area contributed by atoms with Crippen LogP contribution in [0, 0.1) is 0 Å². The maximum absolute atomic E-state index is 10.8. The third kappa shape index (κ3) is 0.980. The van der Waals surface area contributed by atoms with Crippen LogP contribution < -0.4 is 5.56 Å². The van der Waals surface area contributed by atoms with Crippen LogP contribution >= 0.6 is 0 Å². The molecule has 2 heterocycles. The summed E-state index contributed by atoms with van der Waals surface area (Å²) in [5.41, 5.74) is -0.120. The van der Waals surface area contributed by atoms with Gasteiger partial charge in [0.25, 0.3) is 0 Å². The van der Waals surface area contributed by atoms with Crippen molar-refractivity contribution in [2.75, 3.05) is 0 Å². The molecule has 11 heavy (non-hydrogen) atoms. The lowest BCUT2D eigenvalue weighted by Gasteiger charge is -1.90. The highest BCUT2D eigenvalue weighted by molar-refractivity contribution is 5.79. The van der Waals surface area contributed by atoms with E-state index in [1.54, 1.807) is 18.6 Å². The highest BCUT2D eigenvalue weighted by Gasteiger charge is 1.91. The van der Waals surface area contributed by atoms with Crippen LogP contribution in [0.15, 0.2) is 29.5 Å². The van der Waals surface area contributed by atoms with Gasteiger partial charge < -0.3 is 4.98 Å². The molecule has 1 N–H and O–H groups in total. The largest absolute Gasteiger partial charge is 0.328 e. The molecule has 4 nitrogen and oxygen atoms in total. The van der Waals surface area contributed by atoms with E-state index >= 15 is 0 Å². The van der Waals surface area contributed by atoms with Gasteiger partial charge in [-0.15, -0.1) is 0 Å². The van der Waals surface area contributed by atoms with E-state index in [0.29, 0.717) is 0 Å². The van der Waals surface area contributed by atoms with Crippen molar-refractivity contribution < 1.29 is 0 Å². The number of aromatic nitrogens is 3. The van der Waals surface area contributed by atoms with E-state index in [0.717, 1.165) is 10.8 Å². The molecule has 0 aromatic carbocycles. The molecule has 0 saturated carbocycles. The molecule has 0 spiro atoms. The topological polar surface area (TPSA) is 58.6 Å². The van der Waals surface area contributed by atoms with Crippen molar-refractivity contribution in [2.24, 2.45) is 0 Å². The molecule has 54 valence electrons. The van der Waals surface area contributed by atoms with Crippen LogP contribution in [-0.2, 0) is 0 Å². The van der Waals surface area contributed by atoms with E-state index in [1.165, 1.54) is 6.07 Å². The Kier molecular flexibility index (Phi) is 1.18. The van der Waals surface area contributed by atoms with Crippen molar-refractivity contribution >= 4 is 10.8 Å². The first-order valence-electron chi connectivity index (χ1n) is 3.15. The first-order valence-corrected chi connectivity index (χ1v) is 3.15. The Morgan fingerprint density at radius 2 is 1.91 bits per heavy atom. The van der Waals surface area contributed by atoms with Gasteiger partial charge in [0, 0.05) is 23.0 Å². The number of rotatable bonds is 0. The molecular formula is C7H5N3O. The Hall–Kier alpha value is -1.71. The van der Waals surface area contributed by atoms with Crippen LogP contribution in [0.5, 0.6) is 0 Å². The third-order valence-electron chi connectivity index (χ3n) is 1.45. The number of aromatic amines is 1. The summed E-state index contributed by atoms with van der Waals surface area (Å²) in [7, 11) is 0. The fourth-order valence-corrected chi connectivity index (χ4v) is 0.913. The summed E-state index contributed by atoms with van der Waals surface area (Å²) in [6.07, 6.45) is 4.78. The smallest absolute Gasteiger partial charge is 0.248 e. The monoisotopic (exact) mass is 147 g/mol. The number of H-pyrrole nitrogens is 1. The van der Waals surface area contributed by atoms with Gasteiger partial charge in [-0.1, -0.05) is 0 Å². The highest BCUT2D eigenvalue weighted by atomic mass is 16.1. The van der Waals surface area contributed by atoms with Crippen molar-refractivity contribution in [2.45, 2.75) is 0 Å². The van der Waals surface area contributed by atoms with Crippen molar-refractivity contribution in [3.63, 3.8) is 0 Å². The molecule has 2 aromatic heterocycles. The van der Waals surface area contributed by atoms with Gasteiger partial charge in [-0.2, -0.15) is 10.2 Å². The zero-order valence-corrected chi connectivity index (χ0v) is 5.61. The van der Waals surface area contributed by atoms with E-state index in [9.17, 15) is 4.79 Å². The van der Waals surface area contributed by atoms with E-state index < -0.39 is 0 Å². The molecule has 0 aliphatic heterocycles. The molecule has 0 fully saturated rings. The summed E-state index contributed by atoms with van der Waals surface area (Å²) >= 11 is 0. The number of fused-ring (bicyclic) bond motifs is 1. The molecule has 0 aliphatic rings. The molecule has 0 atom stereocenters. The van der Waals surface area contributed by atoms with Gasteiger partial charge in [0.05, 0.1) is 12.4 Å². The van der Waals surface area contributed by atoms with Gasteiger partial charge in [0.15, 0.2) is 0 Å². The van der Waals surface area contributed by atoms with Gasteiger partial charge >= 0.3 is 0 Å². The van der Waals surface area contributed by atoms with Crippen molar-refractivity contribution in [1.82, 2.24) is 15.2 Å². The van der Waals surface area contributed by atoms with E-state index in [2.05, 4.69) is 15.2 Å². The number of pyridine rings is 1. The Balaban J connectivity index is 2.94.